The third-order valence-corrected chi connectivity index (χ3v) is 8.33. The van der Waals surface area contributed by atoms with E-state index in [0.29, 0.717) is 31.1 Å². The molecule has 31 heavy (non-hydrogen) atoms. The molecular weight excluding hydrogens is 434 g/mol. The summed E-state index contributed by atoms with van der Waals surface area (Å²) < 4.78 is 27.4. The minimum Gasteiger partial charge on any atom is -0.368 e. The van der Waals surface area contributed by atoms with Crippen LogP contribution in [0, 0.1) is 12.8 Å². The van der Waals surface area contributed by atoms with Gasteiger partial charge in [0.1, 0.15) is 0 Å². The number of hydrogen-bond donors (Lipinski definition) is 0. The predicted molar refractivity (Wildman–Crippen MR) is 123 cm³/mol. The number of sulfonamides is 1. The van der Waals surface area contributed by atoms with Gasteiger partial charge in [-0.15, -0.1) is 0 Å². The van der Waals surface area contributed by atoms with Crippen LogP contribution in [0.2, 0.25) is 5.02 Å². The van der Waals surface area contributed by atoms with E-state index >= 15 is 0 Å². The van der Waals surface area contributed by atoms with Crippen LogP contribution in [0.25, 0.3) is 0 Å². The Balaban J connectivity index is 1.39. The Morgan fingerprint density at radius 3 is 2.42 bits per heavy atom. The molecule has 6 nitrogen and oxygen atoms in total. The van der Waals surface area contributed by atoms with E-state index in [1.165, 1.54) is 9.87 Å². The van der Waals surface area contributed by atoms with Crippen LogP contribution < -0.4 is 4.90 Å². The second-order valence-corrected chi connectivity index (χ2v) is 10.6. The van der Waals surface area contributed by atoms with Gasteiger partial charge in [0.2, 0.25) is 15.9 Å². The molecule has 8 heteroatoms. The van der Waals surface area contributed by atoms with Crippen molar-refractivity contribution in [2.45, 2.75) is 24.7 Å². The van der Waals surface area contributed by atoms with Crippen LogP contribution in [-0.2, 0) is 14.8 Å². The average Bonchev–Trinajstić information content (AvgIpc) is 2.81. The molecule has 2 aliphatic rings. The van der Waals surface area contributed by atoms with Gasteiger partial charge in [0.15, 0.2) is 0 Å². The highest BCUT2D eigenvalue weighted by Crippen LogP contribution is 2.28. The molecule has 2 aromatic rings. The highest BCUT2D eigenvalue weighted by Gasteiger charge is 2.35. The smallest absolute Gasteiger partial charge is 0.243 e. The molecule has 4 rings (SSSR count). The monoisotopic (exact) mass is 461 g/mol. The molecule has 0 N–H and O–H groups in total. The first kappa shape index (κ1) is 22.1. The lowest BCUT2D eigenvalue weighted by Crippen LogP contribution is -2.53. The lowest BCUT2D eigenvalue weighted by molar-refractivity contribution is -0.137. The topological polar surface area (TPSA) is 60.9 Å². The Kier molecular flexibility index (Phi) is 6.55. The number of amides is 1. The number of hydrogen-bond acceptors (Lipinski definition) is 4. The SMILES string of the molecule is Cc1ccc(Cl)cc1N1CCN(C(=O)[C@H]2CCCN(S(=O)(=O)c3ccccc3)C2)CC1. The second-order valence-electron chi connectivity index (χ2n) is 8.26. The predicted octanol–water partition coefficient (Wildman–Crippen LogP) is 3.40. The summed E-state index contributed by atoms with van der Waals surface area (Å²) in [5, 5.41) is 0.709. The van der Waals surface area contributed by atoms with E-state index in [0.717, 1.165) is 25.2 Å². The fourth-order valence-corrected chi connectivity index (χ4v) is 6.16. The lowest BCUT2D eigenvalue weighted by atomic mass is 9.97. The quantitative estimate of drug-likeness (QED) is 0.700. The number of anilines is 1. The Morgan fingerprint density at radius 1 is 1.00 bits per heavy atom. The van der Waals surface area contributed by atoms with Crippen LogP contribution in [0.1, 0.15) is 18.4 Å². The second kappa shape index (κ2) is 9.18. The molecule has 0 aliphatic carbocycles. The van der Waals surface area contributed by atoms with Gasteiger partial charge in [-0.1, -0.05) is 35.9 Å². The molecule has 0 bridgehead atoms. The molecule has 0 aromatic heterocycles. The molecule has 166 valence electrons. The molecule has 0 unspecified atom stereocenters. The fraction of sp³-hybridized carbons (Fsp3) is 0.435. The van der Waals surface area contributed by atoms with Crippen molar-refractivity contribution in [3.63, 3.8) is 0 Å². The van der Waals surface area contributed by atoms with E-state index in [1.54, 1.807) is 30.3 Å². The van der Waals surface area contributed by atoms with Gasteiger partial charge in [-0.3, -0.25) is 4.79 Å². The number of piperazine rings is 1. The third kappa shape index (κ3) is 4.73. The van der Waals surface area contributed by atoms with Crippen molar-refractivity contribution in [1.82, 2.24) is 9.21 Å². The van der Waals surface area contributed by atoms with Gasteiger partial charge < -0.3 is 9.80 Å². The summed E-state index contributed by atoms with van der Waals surface area (Å²) in [7, 11) is -3.57. The van der Waals surface area contributed by atoms with E-state index < -0.39 is 10.0 Å². The van der Waals surface area contributed by atoms with E-state index in [9.17, 15) is 13.2 Å². The average molecular weight is 462 g/mol. The van der Waals surface area contributed by atoms with E-state index in [1.807, 2.05) is 23.1 Å². The third-order valence-electron chi connectivity index (χ3n) is 6.22. The minimum absolute atomic E-state index is 0.0652. The number of carbonyl (C=O) groups excluding carboxylic acids is 1. The van der Waals surface area contributed by atoms with Gasteiger partial charge in [-0.2, -0.15) is 4.31 Å². The maximum absolute atomic E-state index is 13.2. The molecule has 2 heterocycles. The number of halogens is 1. The molecule has 2 saturated heterocycles. The van der Waals surface area contributed by atoms with E-state index in [2.05, 4.69) is 11.8 Å². The molecule has 1 amide bonds. The standard InChI is InChI=1S/C23H28ClN3O3S/c1-18-9-10-20(24)16-22(18)25-12-14-26(15-13-25)23(28)19-6-5-11-27(17-19)31(29,30)21-7-3-2-4-8-21/h2-4,7-10,16,19H,5-6,11-15,17H2,1H3/t19-/m0/s1. The number of aryl methyl sites for hydroxylation is 1. The molecule has 2 fully saturated rings. The van der Waals surface area contributed by atoms with Gasteiger partial charge >= 0.3 is 0 Å². The molecule has 0 spiro atoms. The van der Waals surface area contributed by atoms with Crippen LogP contribution in [0.3, 0.4) is 0 Å². The maximum Gasteiger partial charge on any atom is 0.243 e. The number of nitrogens with zero attached hydrogens (tertiary/aromatic N) is 3. The van der Waals surface area contributed by atoms with Crippen molar-refractivity contribution < 1.29 is 13.2 Å². The van der Waals surface area contributed by atoms with E-state index in [4.69, 9.17) is 11.6 Å². The van der Waals surface area contributed by atoms with Gasteiger partial charge in [0.25, 0.3) is 0 Å². The zero-order chi connectivity index (χ0) is 22.0. The normalized spacial score (nSPS) is 20.6. The Bertz CT molecular complexity index is 1040. The summed E-state index contributed by atoms with van der Waals surface area (Å²) in [6, 6.07) is 14.3. The summed E-state index contributed by atoms with van der Waals surface area (Å²) in [6.45, 7) is 5.52. The Morgan fingerprint density at radius 2 is 1.71 bits per heavy atom. The van der Waals surface area contributed by atoms with Crippen LogP contribution in [0.4, 0.5) is 5.69 Å². The fourth-order valence-electron chi connectivity index (χ4n) is 4.45. The van der Waals surface area contributed by atoms with Crippen LogP contribution >= 0.6 is 11.6 Å². The molecule has 0 radical (unpaired) electrons. The van der Waals surface area contributed by atoms with Crippen molar-refractivity contribution in [2.75, 3.05) is 44.2 Å². The lowest BCUT2D eigenvalue weighted by Gasteiger charge is -2.40. The van der Waals surface area contributed by atoms with Crippen molar-refractivity contribution in [3.8, 4) is 0 Å². The summed E-state index contributed by atoms with van der Waals surface area (Å²) >= 11 is 6.17. The molecule has 2 aliphatic heterocycles. The first-order chi connectivity index (χ1) is 14.9. The summed E-state index contributed by atoms with van der Waals surface area (Å²) in [6.07, 6.45) is 1.43. The number of piperidine rings is 1. The molecule has 0 saturated carbocycles. The summed E-state index contributed by atoms with van der Waals surface area (Å²) in [5.74, 6) is -0.220. The van der Waals surface area contributed by atoms with Crippen LogP contribution in [-0.4, -0.2) is 62.8 Å². The summed E-state index contributed by atoms with van der Waals surface area (Å²) in [4.78, 5) is 17.6. The molecule has 2 aromatic carbocycles. The van der Waals surface area contributed by atoms with Gasteiger partial charge in [-0.05, 0) is 49.6 Å². The van der Waals surface area contributed by atoms with Crippen molar-refractivity contribution in [2.24, 2.45) is 5.92 Å². The van der Waals surface area contributed by atoms with Crippen LogP contribution in [0.15, 0.2) is 53.4 Å². The van der Waals surface area contributed by atoms with E-state index in [-0.39, 0.29) is 23.3 Å². The summed E-state index contributed by atoms with van der Waals surface area (Å²) in [5.41, 5.74) is 2.27. The number of carbonyl (C=O) groups is 1. The van der Waals surface area contributed by atoms with Crippen molar-refractivity contribution in [3.05, 3.63) is 59.1 Å². The highest BCUT2D eigenvalue weighted by atomic mass is 35.5. The van der Waals surface area contributed by atoms with Gasteiger partial charge in [-0.25, -0.2) is 8.42 Å². The number of benzene rings is 2. The highest BCUT2D eigenvalue weighted by molar-refractivity contribution is 7.89. The molecule has 1 atom stereocenters. The molecular formula is C23H28ClN3O3S. The Hall–Kier alpha value is -2.09. The zero-order valence-corrected chi connectivity index (χ0v) is 19.3. The zero-order valence-electron chi connectivity index (χ0n) is 17.7. The van der Waals surface area contributed by atoms with Crippen molar-refractivity contribution in [1.29, 1.82) is 0 Å². The minimum atomic E-state index is -3.57. The van der Waals surface area contributed by atoms with Gasteiger partial charge in [0, 0.05) is 50.0 Å². The maximum atomic E-state index is 13.2. The number of rotatable bonds is 4. The first-order valence-electron chi connectivity index (χ1n) is 10.7. The van der Waals surface area contributed by atoms with Gasteiger partial charge in [0.05, 0.1) is 10.8 Å². The Labute approximate surface area is 189 Å². The van der Waals surface area contributed by atoms with Crippen molar-refractivity contribution >= 4 is 33.2 Å². The largest absolute Gasteiger partial charge is 0.368 e. The van der Waals surface area contributed by atoms with Crippen LogP contribution in [0.5, 0.6) is 0 Å². The first-order valence-corrected chi connectivity index (χ1v) is 12.5.